The van der Waals surface area contributed by atoms with Crippen LogP contribution in [0.25, 0.3) is 0 Å². The molecule has 2 heterocycles. The molecule has 0 unspecified atom stereocenters. The van der Waals surface area contributed by atoms with E-state index in [1.165, 1.54) is 0 Å². The van der Waals surface area contributed by atoms with Gasteiger partial charge in [-0.1, -0.05) is 29.8 Å². The lowest BCUT2D eigenvalue weighted by molar-refractivity contribution is -0.192. The van der Waals surface area contributed by atoms with Crippen molar-refractivity contribution in [3.05, 3.63) is 34.9 Å². The number of ether oxygens (including phenoxy) is 1. The Morgan fingerprint density at radius 2 is 2.00 bits per heavy atom. The topological polar surface area (TPSA) is 78.9 Å². The van der Waals surface area contributed by atoms with Crippen molar-refractivity contribution in [1.29, 1.82) is 0 Å². The minimum absolute atomic E-state index is 0.00190. The van der Waals surface area contributed by atoms with Crippen LogP contribution in [0.4, 0.5) is 13.2 Å². The molecular weight excluding hydrogens is 401 g/mol. The van der Waals surface area contributed by atoms with Crippen molar-refractivity contribution in [2.24, 2.45) is 5.92 Å². The Balaban J connectivity index is 0.000000345. The summed E-state index contributed by atoms with van der Waals surface area (Å²) < 4.78 is 37.7. The number of rotatable bonds is 3. The van der Waals surface area contributed by atoms with E-state index in [0.717, 1.165) is 43.1 Å². The highest BCUT2D eigenvalue weighted by molar-refractivity contribution is 6.31. The second-order valence-corrected chi connectivity index (χ2v) is 7.10. The number of aliphatic carboxylic acids is 1. The molecule has 1 aromatic rings. The van der Waals surface area contributed by atoms with E-state index in [1.807, 2.05) is 18.2 Å². The predicted molar refractivity (Wildman–Crippen MR) is 95.9 cm³/mol. The third kappa shape index (κ3) is 6.08. The third-order valence-electron chi connectivity index (χ3n) is 4.77. The number of hydrogen-bond donors (Lipinski definition) is 2. The van der Waals surface area contributed by atoms with E-state index in [1.54, 1.807) is 7.05 Å². The molecule has 2 saturated heterocycles. The summed E-state index contributed by atoms with van der Waals surface area (Å²) in [5.41, 5.74) is 1.15. The minimum atomic E-state index is -5.08. The number of halogens is 4. The van der Waals surface area contributed by atoms with Gasteiger partial charge in [-0.3, -0.25) is 9.69 Å². The molecule has 0 saturated carbocycles. The number of hydrogen-bond acceptors (Lipinski definition) is 4. The first-order valence-corrected chi connectivity index (χ1v) is 9.12. The van der Waals surface area contributed by atoms with Gasteiger partial charge in [-0.05, 0) is 36.9 Å². The summed E-state index contributed by atoms with van der Waals surface area (Å²) in [6.45, 7) is 2.76. The van der Waals surface area contributed by atoms with Crippen molar-refractivity contribution < 1.29 is 32.6 Å². The molecule has 0 aromatic heterocycles. The maximum absolute atomic E-state index is 11.7. The number of carboxylic acid groups (broad SMARTS) is 1. The summed E-state index contributed by atoms with van der Waals surface area (Å²) in [5.74, 6) is -2.25. The number of benzene rings is 1. The van der Waals surface area contributed by atoms with Crippen LogP contribution in [0.2, 0.25) is 5.02 Å². The van der Waals surface area contributed by atoms with E-state index in [4.69, 9.17) is 26.2 Å². The zero-order chi connectivity index (χ0) is 20.9. The molecule has 28 heavy (non-hydrogen) atoms. The van der Waals surface area contributed by atoms with Crippen molar-refractivity contribution in [3.8, 4) is 0 Å². The molecule has 3 rings (SSSR count). The fourth-order valence-electron chi connectivity index (χ4n) is 3.34. The van der Waals surface area contributed by atoms with Gasteiger partial charge in [-0.15, -0.1) is 0 Å². The normalized spacial score (nSPS) is 24.7. The molecule has 0 bridgehead atoms. The van der Waals surface area contributed by atoms with Gasteiger partial charge in [-0.25, -0.2) is 4.79 Å². The number of alkyl halides is 3. The monoisotopic (exact) mass is 422 g/mol. The molecule has 3 atom stereocenters. The number of nitrogens with zero attached hydrogens (tertiary/aromatic N) is 1. The highest BCUT2D eigenvalue weighted by Gasteiger charge is 2.41. The number of fused-ring (bicyclic) bond motifs is 1. The predicted octanol–water partition coefficient (Wildman–Crippen LogP) is 2.70. The Morgan fingerprint density at radius 1 is 1.36 bits per heavy atom. The van der Waals surface area contributed by atoms with Gasteiger partial charge in [0.15, 0.2) is 0 Å². The van der Waals surface area contributed by atoms with Gasteiger partial charge in [0.1, 0.15) is 6.10 Å². The van der Waals surface area contributed by atoms with Gasteiger partial charge in [0, 0.05) is 25.2 Å². The second kappa shape index (κ2) is 9.58. The maximum Gasteiger partial charge on any atom is 0.490 e. The van der Waals surface area contributed by atoms with Crippen LogP contribution in [0.5, 0.6) is 0 Å². The van der Waals surface area contributed by atoms with Crippen molar-refractivity contribution in [3.63, 3.8) is 0 Å². The van der Waals surface area contributed by atoms with E-state index >= 15 is 0 Å². The number of piperidine rings is 1. The Hall–Kier alpha value is -1.84. The van der Waals surface area contributed by atoms with E-state index in [9.17, 15) is 18.0 Å². The molecule has 1 amide bonds. The average Bonchev–Trinajstić information content (AvgIpc) is 3.06. The zero-order valence-corrected chi connectivity index (χ0v) is 16.0. The molecular formula is C18H22ClF3N2O4. The van der Waals surface area contributed by atoms with Crippen molar-refractivity contribution in [1.82, 2.24) is 10.2 Å². The summed E-state index contributed by atoms with van der Waals surface area (Å²) in [5, 5.41) is 10.6. The van der Waals surface area contributed by atoms with Crippen LogP contribution in [0.15, 0.2) is 24.3 Å². The maximum atomic E-state index is 11.7. The van der Waals surface area contributed by atoms with Crippen LogP contribution in [0, 0.1) is 5.92 Å². The van der Waals surface area contributed by atoms with Crippen LogP contribution in [-0.2, 0) is 20.9 Å². The van der Waals surface area contributed by atoms with Crippen LogP contribution in [-0.4, -0.2) is 60.4 Å². The van der Waals surface area contributed by atoms with Gasteiger partial charge in [0.25, 0.3) is 0 Å². The number of amides is 1. The fraction of sp³-hybridized carbons (Fsp3) is 0.556. The Labute approximate surface area is 165 Å². The highest BCUT2D eigenvalue weighted by atomic mass is 35.5. The van der Waals surface area contributed by atoms with Gasteiger partial charge in [0.05, 0.1) is 6.10 Å². The molecule has 2 aliphatic heterocycles. The summed E-state index contributed by atoms with van der Waals surface area (Å²) in [6.07, 6.45) is -3.25. The fourth-order valence-corrected chi connectivity index (χ4v) is 3.53. The van der Waals surface area contributed by atoms with E-state index < -0.39 is 12.1 Å². The standard InChI is InChI=1S/C16H21ClN2O2.C2HF3O2/c1-18-16(20)14-8-11-6-7-19(10-15(11)21-14)9-12-4-2-3-5-13(12)17;3-2(4,5)1(6)7/h2-5,11,14-15H,6-10H2,1H3,(H,18,20);(H,6,7)/t11-,14-,15+;/m0./s1. The summed E-state index contributed by atoms with van der Waals surface area (Å²) in [6, 6.07) is 7.96. The summed E-state index contributed by atoms with van der Waals surface area (Å²) >= 11 is 6.23. The van der Waals surface area contributed by atoms with Crippen molar-refractivity contribution in [2.75, 3.05) is 20.1 Å². The van der Waals surface area contributed by atoms with E-state index in [2.05, 4.69) is 16.3 Å². The van der Waals surface area contributed by atoms with Gasteiger partial charge in [0.2, 0.25) is 5.91 Å². The Bertz CT molecular complexity index is 702. The smallest absolute Gasteiger partial charge is 0.475 e. The van der Waals surface area contributed by atoms with Crippen LogP contribution >= 0.6 is 11.6 Å². The number of carboxylic acids is 1. The third-order valence-corrected chi connectivity index (χ3v) is 5.14. The lowest BCUT2D eigenvalue weighted by Crippen LogP contribution is -2.42. The molecule has 2 aliphatic rings. The first kappa shape index (κ1) is 22.4. The summed E-state index contributed by atoms with van der Waals surface area (Å²) in [7, 11) is 1.66. The molecule has 2 N–H and O–H groups in total. The number of carbonyl (C=O) groups excluding carboxylic acids is 1. The van der Waals surface area contributed by atoms with Crippen LogP contribution in [0.3, 0.4) is 0 Å². The number of likely N-dealkylation sites (N-methyl/N-ethyl adjacent to an activating group) is 1. The first-order valence-electron chi connectivity index (χ1n) is 8.74. The lowest BCUT2D eigenvalue weighted by Gasteiger charge is -2.34. The highest BCUT2D eigenvalue weighted by Crippen LogP contribution is 2.34. The molecule has 0 spiro atoms. The van der Waals surface area contributed by atoms with E-state index in [0.29, 0.717) is 5.92 Å². The van der Waals surface area contributed by atoms with Crippen LogP contribution in [0.1, 0.15) is 18.4 Å². The van der Waals surface area contributed by atoms with Crippen molar-refractivity contribution >= 4 is 23.5 Å². The number of likely N-dealkylation sites (tertiary alicyclic amines) is 1. The number of nitrogens with one attached hydrogen (secondary N) is 1. The lowest BCUT2D eigenvalue weighted by atomic mass is 9.91. The minimum Gasteiger partial charge on any atom is -0.475 e. The molecule has 1 aromatic carbocycles. The quantitative estimate of drug-likeness (QED) is 0.783. The molecule has 0 radical (unpaired) electrons. The molecule has 10 heteroatoms. The first-order chi connectivity index (χ1) is 13.1. The van der Waals surface area contributed by atoms with Gasteiger partial charge < -0.3 is 15.2 Å². The SMILES string of the molecule is CNC(=O)[C@@H]1C[C@@H]2CCN(Cc3ccccc3Cl)C[C@H]2O1.O=C(O)C(F)(F)F. The van der Waals surface area contributed by atoms with Gasteiger partial charge in [-0.2, -0.15) is 13.2 Å². The molecule has 2 fully saturated rings. The molecule has 156 valence electrons. The Morgan fingerprint density at radius 3 is 2.57 bits per heavy atom. The average molecular weight is 423 g/mol. The van der Waals surface area contributed by atoms with Crippen LogP contribution < -0.4 is 5.32 Å². The van der Waals surface area contributed by atoms with Gasteiger partial charge >= 0.3 is 12.1 Å². The largest absolute Gasteiger partial charge is 0.490 e. The van der Waals surface area contributed by atoms with Crippen molar-refractivity contribution in [2.45, 2.75) is 37.8 Å². The second-order valence-electron chi connectivity index (χ2n) is 6.69. The summed E-state index contributed by atoms with van der Waals surface area (Å²) in [4.78, 5) is 23.0. The van der Waals surface area contributed by atoms with E-state index in [-0.39, 0.29) is 18.1 Å². The molecule has 0 aliphatic carbocycles. The zero-order valence-electron chi connectivity index (χ0n) is 15.2. The Kier molecular flexibility index (Phi) is 7.68. The molecule has 6 nitrogen and oxygen atoms in total. The number of carbonyl (C=O) groups is 2.